The predicted octanol–water partition coefficient (Wildman–Crippen LogP) is 3.76. The van der Waals surface area contributed by atoms with Gasteiger partial charge >= 0.3 is 0 Å². The van der Waals surface area contributed by atoms with E-state index in [1.54, 1.807) is 0 Å². The third-order valence-electron chi connectivity index (χ3n) is 3.42. The minimum atomic E-state index is 0.177. The molecule has 1 aliphatic rings. The fraction of sp³-hybridized carbons (Fsp3) is 0.235. The molecule has 0 aromatic heterocycles. The summed E-state index contributed by atoms with van der Waals surface area (Å²) in [5.41, 5.74) is 2.12. The van der Waals surface area contributed by atoms with Gasteiger partial charge in [-0.2, -0.15) is 0 Å². The van der Waals surface area contributed by atoms with Crippen molar-refractivity contribution in [1.29, 1.82) is 0 Å². The average molecular weight is 283 g/mol. The Balaban J connectivity index is 1.85. The molecule has 0 spiro atoms. The van der Waals surface area contributed by atoms with Crippen LogP contribution in [0.5, 0.6) is 0 Å². The van der Waals surface area contributed by atoms with E-state index < -0.39 is 0 Å². The van der Waals surface area contributed by atoms with Crippen LogP contribution in [0.1, 0.15) is 12.5 Å². The smallest absolute Gasteiger partial charge is 0.231 e. The second kappa shape index (κ2) is 5.71. The van der Waals surface area contributed by atoms with Gasteiger partial charge in [-0.3, -0.25) is 4.79 Å². The van der Waals surface area contributed by atoms with Gasteiger partial charge in [0.1, 0.15) is 0 Å². The standard InChI is InChI=1S/C17H17NOS/c1-13-12-18(15-9-5-6-10-16(15)20-13)17(19)11-14-7-3-2-4-8-14/h2-10,13H,11-12H2,1H3. The molecule has 0 fully saturated rings. The highest BCUT2D eigenvalue weighted by Crippen LogP contribution is 2.38. The summed E-state index contributed by atoms with van der Waals surface area (Å²) in [5, 5.41) is 0.435. The van der Waals surface area contributed by atoms with Gasteiger partial charge in [-0.05, 0) is 17.7 Å². The SMILES string of the molecule is CC1CN(C(=O)Cc2ccccc2)c2ccccc2S1. The van der Waals surface area contributed by atoms with Crippen molar-refractivity contribution in [2.24, 2.45) is 0 Å². The van der Waals surface area contributed by atoms with Crippen molar-refractivity contribution in [3.63, 3.8) is 0 Å². The normalized spacial score (nSPS) is 17.6. The molecule has 0 aliphatic carbocycles. The summed E-state index contributed by atoms with van der Waals surface area (Å²) in [5.74, 6) is 0.177. The van der Waals surface area contributed by atoms with Crippen molar-refractivity contribution >= 4 is 23.4 Å². The van der Waals surface area contributed by atoms with Crippen molar-refractivity contribution in [2.45, 2.75) is 23.5 Å². The average Bonchev–Trinajstić information content (AvgIpc) is 2.47. The fourth-order valence-electron chi connectivity index (χ4n) is 2.49. The molecule has 1 amide bonds. The summed E-state index contributed by atoms with van der Waals surface area (Å²) in [7, 11) is 0. The van der Waals surface area contributed by atoms with Crippen LogP contribution in [-0.4, -0.2) is 17.7 Å². The first kappa shape index (κ1) is 13.3. The molecule has 0 bridgehead atoms. The Bertz CT molecular complexity index is 611. The highest BCUT2D eigenvalue weighted by molar-refractivity contribution is 8.00. The maximum absolute atomic E-state index is 12.6. The van der Waals surface area contributed by atoms with E-state index in [4.69, 9.17) is 0 Å². The van der Waals surface area contributed by atoms with Gasteiger partial charge in [0.15, 0.2) is 0 Å². The lowest BCUT2D eigenvalue weighted by Gasteiger charge is -2.32. The number of anilines is 1. The van der Waals surface area contributed by atoms with Crippen LogP contribution in [0, 0.1) is 0 Å². The first-order chi connectivity index (χ1) is 9.74. The maximum atomic E-state index is 12.6. The number of amides is 1. The molecular weight excluding hydrogens is 266 g/mol. The van der Waals surface area contributed by atoms with Crippen LogP contribution in [0.25, 0.3) is 0 Å². The topological polar surface area (TPSA) is 20.3 Å². The molecule has 2 aromatic rings. The molecule has 2 nitrogen and oxygen atoms in total. The van der Waals surface area contributed by atoms with E-state index in [0.717, 1.165) is 17.8 Å². The second-order valence-electron chi connectivity index (χ2n) is 5.06. The van der Waals surface area contributed by atoms with Crippen LogP contribution < -0.4 is 4.90 Å². The minimum absolute atomic E-state index is 0.177. The van der Waals surface area contributed by atoms with Crippen LogP contribution in [0.15, 0.2) is 59.5 Å². The molecule has 20 heavy (non-hydrogen) atoms. The van der Waals surface area contributed by atoms with Gasteiger partial charge in [0.2, 0.25) is 5.91 Å². The number of hydrogen-bond donors (Lipinski definition) is 0. The van der Waals surface area contributed by atoms with E-state index in [-0.39, 0.29) is 5.91 Å². The number of rotatable bonds is 2. The molecule has 0 radical (unpaired) electrons. The second-order valence-corrected chi connectivity index (χ2v) is 6.54. The van der Waals surface area contributed by atoms with Gasteiger partial charge in [0.05, 0.1) is 12.1 Å². The predicted molar refractivity (Wildman–Crippen MR) is 84.3 cm³/mol. The number of carbonyl (C=O) groups is 1. The summed E-state index contributed by atoms with van der Waals surface area (Å²) in [6, 6.07) is 18.1. The quantitative estimate of drug-likeness (QED) is 0.836. The zero-order valence-electron chi connectivity index (χ0n) is 11.5. The first-order valence-corrected chi connectivity index (χ1v) is 7.72. The van der Waals surface area contributed by atoms with Gasteiger partial charge in [-0.15, -0.1) is 11.8 Å². The summed E-state index contributed by atoms with van der Waals surface area (Å²) in [6.45, 7) is 2.96. The Hall–Kier alpha value is -1.74. The molecule has 3 rings (SSSR count). The van der Waals surface area contributed by atoms with Gasteiger partial charge in [-0.1, -0.05) is 49.4 Å². The highest BCUT2D eigenvalue weighted by atomic mass is 32.2. The van der Waals surface area contributed by atoms with E-state index in [2.05, 4.69) is 13.0 Å². The van der Waals surface area contributed by atoms with Crippen molar-refractivity contribution in [1.82, 2.24) is 0 Å². The minimum Gasteiger partial charge on any atom is -0.310 e. The summed E-state index contributed by atoms with van der Waals surface area (Å²) >= 11 is 1.85. The van der Waals surface area contributed by atoms with E-state index in [1.165, 1.54) is 4.90 Å². The third kappa shape index (κ3) is 2.73. The Morgan fingerprint density at radius 2 is 1.85 bits per heavy atom. The zero-order valence-corrected chi connectivity index (χ0v) is 12.3. The summed E-state index contributed by atoms with van der Waals surface area (Å²) in [6.07, 6.45) is 0.465. The largest absolute Gasteiger partial charge is 0.310 e. The maximum Gasteiger partial charge on any atom is 0.231 e. The van der Waals surface area contributed by atoms with E-state index in [9.17, 15) is 4.79 Å². The summed E-state index contributed by atoms with van der Waals surface area (Å²) < 4.78 is 0. The summed E-state index contributed by atoms with van der Waals surface area (Å²) in [4.78, 5) is 15.7. The molecule has 1 heterocycles. The van der Waals surface area contributed by atoms with E-state index in [0.29, 0.717) is 11.7 Å². The van der Waals surface area contributed by atoms with Crippen LogP contribution >= 0.6 is 11.8 Å². The van der Waals surface area contributed by atoms with Gasteiger partial charge in [0.25, 0.3) is 0 Å². The molecule has 1 aliphatic heterocycles. The van der Waals surface area contributed by atoms with Gasteiger partial charge in [0, 0.05) is 16.7 Å². The molecule has 3 heteroatoms. The molecule has 102 valence electrons. The van der Waals surface area contributed by atoms with E-state index >= 15 is 0 Å². The van der Waals surface area contributed by atoms with Crippen LogP contribution in [-0.2, 0) is 11.2 Å². The fourth-order valence-corrected chi connectivity index (χ4v) is 3.60. The molecular formula is C17H17NOS. The van der Waals surface area contributed by atoms with Crippen molar-refractivity contribution in [3.8, 4) is 0 Å². The Morgan fingerprint density at radius 1 is 1.15 bits per heavy atom. The molecule has 0 N–H and O–H groups in total. The van der Waals surface area contributed by atoms with Crippen LogP contribution in [0.3, 0.4) is 0 Å². The highest BCUT2D eigenvalue weighted by Gasteiger charge is 2.26. The Morgan fingerprint density at radius 3 is 2.65 bits per heavy atom. The van der Waals surface area contributed by atoms with Crippen molar-refractivity contribution < 1.29 is 4.79 Å². The molecule has 1 unspecified atom stereocenters. The van der Waals surface area contributed by atoms with Crippen LogP contribution in [0.4, 0.5) is 5.69 Å². The van der Waals surface area contributed by atoms with Crippen molar-refractivity contribution in [3.05, 3.63) is 60.2 Å². The van der Waals surface area contributed by atoms with Crippen LogP contribution in [0.2, 0.25) is 0 Å². The monoisotopic (exact) mass is 283 g/mol. The van der Waals surface area contributed by atoms with Crippen molar-refractivity contribution in [2.75, 3.05) is 11.4 Å². The lowest BCUT2D eigenvalue weighted by atomic mass is 10.1. The zero-order chi connectivity index (χ0) is 13.9. The molecule has 0 saturated heterocycles. The van der Waals surface area contributed by atoms with Gasteiger partial charge < -0.3 is 4.90 Å². The number of hydrogen-bond acceptors (Lipinski definition) is 2. The molecule has 1 atom stereocenters. The number of benzene rings is 2. The third-order valence-corrected chi connectivity index (χ3v) is 4.57. The Labute approximate surface area is 123 Å². The lowest BCUT2D eigenvalue weighted by molar-refractivity contribution is -0.118. The number of fused-ring (bicyclic) bond motifs is 1. The lowest BCUT2D eigenvalue weighted by Crippen LogP contribution is -2.39. The number of thioether (sulfide) groups is 1. The molecule has 2 aromatic carbocycles. The Kier molecular flexibility index (Phi) is 3.79. The van der Waals surface area contributed by atoms with Gasteiger partial charge in [-0.25, -0.2) is 0 Å². The van der Waals surface area contributed by atoms with E-state index in [1.807, 2.05) is 65.2 Å². The number of para-hydroxylation sites is 1. The number of carbonyl (C=O) groups excluding carboxylic acids is 1. The first-order valence-electron chi connectivity index (χ1n) is 6.84. The molecule has 0 saturated carbocycles. The number of nitrogens with zero attached hydrogens (tertiary/aromatic N) is 1.